The summed E-state index contributed by atoms with van der Waals surface area (Å²) in [6.45, 7) is 7.29. The summed E-state index contributed by atoms with van der Waals surface area (Å²) >= 11 is 0. The summed E-state index contributed by atoms with van der Waals surface area (Å²) in [4.78, 5) is 21.9. The number of ether oxygens (including phenoxy) is 1. The molecule has 0 saturated heterocycles. The Morgan fingerprint density at radius 1 is 1.06 bits per heavy atom. The molecule has 5 rings (SSSR count). The number of aromatic amines is 1. The van der Waals surface area contributed by atoms with Crippen LogP contribution in [0.3, 0.4) is 0 Å². The van der Waals surface area contributed by atoms with E-state index in [1.54, 1.807) is 17.3 Å². The molecular formula is C24H25N5O2. The van der Waals surface area contributed by atoms with Crippen LogP contribution in [0.5, 0.6) is 0 Å². The second kappa shape index (κ2) is 7.27. The van der Waals surface area contributed by atoms with E-state index in [-0.39, 0.29) is 6.09 Å². The van der Waals surface area contributed by atoms with Gasteiger partial charge in [0.2, 0.25) is 0 Å². The van der Waals surface area contributed by atoms with Gasteiger partial charge in [-0.1, -0.05) is 12.1 Å². The molecular weight excluding hydrogens is 390 g/mol. The molecule has 3 aromatic heterocycles. The Morgan fingerprint density at radius 2 is 1.87 bits per heavy atom. The number of amides is 1. The number of nitrogens with one attached hydrogen (secondary N) is 1. The van der Waals surface area contributed by atoms with Crippen LogP contribution in [-0.4, -0.2) is 42.9 Å². The van der Waals surface area contributed by atoms with Crippen LogP contribution in [-0.2, 0) is 17.8 Å². The van der Waals surface area contributed by atoms with Crippen LogP contribution >= 0.6 is 0 Å². The molecule has 1 amide bonds. The van der Waals surface area contributed by atoms with E-state index < -0.39 is 5.60 Å². The first kappa shape index (κ1) is 19.4. The van der Waals surface area contributed by atoms with Gasteiger partial charge in [0.25, 0.3) is 0 Å². The minimum atomic E-state index is -0.528. The molecule has 0 fully saturated rings. The van der Waals surface area contributed by atoms with E-state index in [0.717, 1.165) is 39.0 Å². The molecule has 1 aliphatic rings. The number of fused-ring (bicyclic) bond motifs is 2. The number of rotatable bonds is 2. The lowest BCUT2D eigenvalue weighted by Gasteiger charge is -2.30. The van der Waals surface area contributed by atoms with Gasteiger partial charge in [-0.05, 0) is 56.0 Å². The Bertz CT molecular complexity index is 1250. The highest BCUT2D eigenvalue weighted by molar-refractivity contribution is 5.89. The van der Waals surface area contributed by atoms with Gasteiger partial charge in [0.05, 0.1) is 18.8 Å². The van der Waals surface area contributed by atoms with Gasteiger partial charge in [-0.2, -0.15) is 5.10 Å². The first-order valence-electron chi connectivity index (χ1n) is 10.4. The molecule has 0 spiro atoms. The number of hydrogen-bond donors (Lipinski definition) is 1. The minimum absolute atomic E-state index is 0.296. The van der Waals surface area contributed by atoms with Crippen molar-refractivity contribution in [2.24, 2.45) is 0 Å². The first-order valence-corrected chi connectivity index (χ1v) is 10.4. The molecule has 0 bridgehead atoms. The van der Waals surface area contributed by atoms with Gasteiger partial charge in [-0.25, -0.2) is 4.79 Å². The van der Waals surface area contributed by atoms with Crippen LogP contribution < -0.4 is 0 Å². The quantitative estimate of drug-likeness (QED) is 0.508. The van der Waals surface area contributed by atoms with Crippen LogP contribution in [0.15, 0.2) is 55.0 Å². The first-order chi connectivity index (χ1) is 14.9. The fourth-order valence-electron chi connectivity index (χ4n) is 4.02. The molecule has 4 heterocycles. The van der Waals surface area contributed by atoms with Crippen molar-refractivity contribution >= 4 is 17.0 Å². The van der Waals surface area contributed by atoms with E-state index in [1.165, 1.54) is 0 Å². The summed E-state index contributed by atoms with van der Waals surface area (Å²) in [5.41, 5.74) is 5.55. The standard InChI is InChI=1S/C24H25N5O2/c1-24(2,3)31-23(30)28-12-13-29-20(15-28)21(17-6-9-25-10-7-17)22(27-29)18-5-4-16-8-11-26-19(16)14-18/h4-11,14,26H,12-13,15H2,1-3H3. The predicted octanol–water partition coefficient (Wildman–Crippen LogP) is 4.84. The normalized spacial score (nSPS) is 14.0. The summed E-state index contributed by atoms with van der Waals surface area (Å²) in [5, 5.41) is 6.12. The van der Waals surface area contributed by atoms with Crippen molar-refractivity contribution in [3.8, 4) is 22.4 Å². The Labute approximate surface area is 180 Å². The zero-order valence-corrected chi connectivity index (χ0v) is 17.9. The third kappa shape index (κ3) is 3.67. The molecule has 0 radical (unpaired) electrons. The third-order valence-electron chi connectivity index (χ3n) is 5.43. The van der Waals surface area contributed by atoms with Crippen molar-refractivity contribution in [1.82, 2.24) is 24.6 Å². The van der Waals surface area contributed by atoms with Crippen LogP contribution in [0, 0.1) is 0 Å². The summed E-state index contributed by atoms with van der Waals surface area (Å²) in [5.74, 6) is 0. The van der Waals surface area contributed by atoms with Gasteiger partial charge < -0.3 is 14.6 Å². The number of benzene rings is 1. The molecule has 0 saturated carbocycles. The van der Waals surface area contributed by atoms with Crippen LogP contribution in [0.1, 0.15) is 26.5 Å². The number of carbonyl (C=O) groups excluding carboxylic acids is 1. The molecule has 0 atom stereocenters. The Morgan fingerprint density at radius 3 is 2.65 bits per heavy atom. The lowest BCUT2D eigenvalue weighted by atomic mass is 9.98. The van der Waals surface area contributed by atoms with Crippen molar-refractivity contribution in [1.29, 1.82) is 0 Å². The molecule has 7 heteroatoms. The van der Waals surface area contributed by atoms with Gasteiger partial charge >= 0.3 is 6.09 Å². The number of carbonyl (C=O) groups is 1. The van der Waals surface area contributed by atoms with Gasteiger partial charge in [-0.15, -0.1) is 0 Å². The monoisotopic (exact) mass is 415 g/mol. The van der Waals surface area contributed by atoms with Crippen molar-refractivity contribution in [2.75, 3.05) is 6.54 Å². The van der Waals surface area contributed by atoms with Crippen LogP contribution in [0.4, 0.5) is 4.79 Å². The average Bonchev–Trinajstić information content (AvgIpc) is 3.36. The zero-order chi connectivity index (χ0) is 21.6. The molecule has 0 unspecified atom stereocenters. The molecule has 7 nitrogen and oxygen atoms in total. The summed E-state index contributed by atoms with van der Waals surface area (Å²) in [6, 6.07) is 12.4. The lowest BCUT2D eigenvalue weighted by Crippen LogP contribution is -2.41. The third-order valence-corrected chi connectivity index (χ3v) is 5.43. The van der Waals surface area contributed by atoms with E-state index in [9.17, 15) is 4.79 Å². The Balaban J connectivity index is 1.60. The van der Waals surface area contributed by atoms with E-state index in [0.29, 0.717) is 19.6 Å². The smallest absolute Gasteiger partial charge is 0.410 e. The van der Waals surface area contributed by atoms with Crippen molar-refractivity contribution < 1.29 is 9.53 Å². The lowest BCUT2D eigenvalue weighted by molar-refractivity contribution is 0.0195. The number of nitrogens with zero attached hydrogens (tertiary/aromatic N) is 4. The summed E-state index contributed by atoms with van der Waals surface area (Å²) in [6.07, 6.45) is 5.21. The van der Waals surface area contributed by atoms with E-state index >= 15 is 0 Å². The maximum Gasteiger partial charge on any atom is 0.410 e. The Kier molecular flexibility index (Phi) is 4.54. The summed E-state index contributed by atoms with van der Waals surface area (Å²) < 4.78 is 7.63. The fourth-order valence-corrected chi connectivity index (χ4v) is 4.02. The highest BCUT2D eigenvalue weighted by atomic mass is 16.6. The molecule has 158 valence electrons. The number of hydrogen-bond acceptors (Lipinski definition) is 4. The Hall–Kier alpha value is -3.61. The maximum absolute atomic E-state index is 12.7. The van der Waals surface area contributed by atoms with Gasteiger partial charge in [0, 0.05) is 41.8 Å². The molecule has 31 heavy (non-hydrogen) atoms. The van der Waals surface area contributed by atoms with E-state index in [2.05, 4.69) is 34.2 Å². The highest BCUT2D eigenvalue weighted by Gasteiger charge is 2.30. The molecule has 4 aromatic rings. The van der Waals surface area contributed by atoms with Crippen molar-refractivity contribution in [3.05, 3.63) is 60.7 Å². The van der Waals surface area contributed by atoms with Crippen molar-refractivity contribution in [2.45, 2.75) is 39.5 Å². The topological polar surface area (TPSA) is 76.0 Å². The highest BCUT2D eigenvalue weighted by Crippen LogP contribution is 2.37. The van der Waals surface area contributed by atoms with Gasteiger partial charge in [0.15, 0.2) is 0 Å². The fraction of sp³-hybridized carbons (Fsp3) is 0.292. The van der Waals surface area contributed by atoms with Gasteiger partial charge in [-0.3, -0.25) is 9.67 Å². The summed E-state index contributed by atoms with van der Waals surface area (Å²) in [7, 11) is 0. The SMILES string of the molecule is CC(C)(C)OC(=O)N1CCn2nc(-c3ccc4cc[nH]c4c3)c(-c3ccncc3)c2C1. The van der Waals surface area contributed by atoms with Gasteiger partial charge in [0.1, 0.15) is 11.3 Å². The molecule has 1 aromatic carbocycles. The predicted molar refractivity (Wildman–Crippen MR) is 119 cm³/mol. The second-order valence-corrected chi connectivity index (χ2v) is 8.81. The van der Waals surface area contributed by atoms with E-state index in [4.69, 9.17) is 9.84 Å². The number of pyridine rings is 1. The zero-order valence-electron chi connectivity index (χ0n) is 17.9. The largest absolute Gasteiger partial charge is 0.444 e. The van der Waals surface area contributed by atoms with Crippen molar-refractivity contribution in [3.63, 3.8) is 0 Å². The second-order valence-electron chi connectivity index (χ2n) is 8.81. The maximum atomic E-state index is 12.7. The molecule has 1 aliphatic heterocycles. The average molecular weight is 415 g/mol. The van der Waals surface area contributed by atoms with Crippen LogP contribution in [0.25, 0.3) is 33.3 Å². The molecule has 0 aliphatic carbocycles. The minimum Gasteiger partial charge on any atom is -0.444 e. The van der Waals surface area contributed by atoms with E-state index in [1.807, 2.05) is 43.8 Å². The molecule has 1 N–H and O–H groups in total. The number of H-pyrrole nitrogens is 1. The number of aromatic nitrogens is 4. The van der Waals surface area contributed by atoms with Crippen LogP contribution in [0.2, 0.25) is 0 Å².